The summed E-state index contributed by atoms with van der Waals surface area (Å²) in [6.07, 6.45) is 4.33. The minimum atomic E-state index is -0.557. The van der Waals surface area contributed by atoms with Crippen LogP contribution in [0.2, 0.25) is 0 Å². The third kappa shape index (κ3) is 6.61. The summed E-state index contributed by atoms with van der Waals surface area (Å²) in [5, 5.41) is 16.5. The molecule has 0 aliphatic heterocycles. The van der Waals surface area contributed by atoms with Gasteiger partial charge in [-0.1, -0.05) is 24.5 Å². The fourth-order valence-corrected chi connectivity index (χ4v) is 4.22. The highest BCUT2D eigenvalue weighted by Crippen LogP contribution is 2.28. The van der Waals surface area contributed by atoms with Gasteiger partial charge in [0, 0.05) is 25.0 Å². The molecule has 1 aromatic carbocycles. The zero-order valence-corrected chi connectivity index (χ0v) is 20.0. The molecule has 0 spiro atoms. The van der Waals surface area contributed by atoms with E-state index in [0.717, 1.165) is 36.6 Å². The molecule has 3 rings (SSSR count). The fourth-order valence-electron chi connectivity index (χ4n) is 4.22. The predicted molar refractivity (Wildman–Crippen MR) is 131 cm³/mol. The van der Waals surface area contributed by atoms with Crippen LogP contribution in [0.25, 0.3) is 10.9 Å². The van der Waals surface area contributed by atoms with Crippen LogP contribution >= 0.6 is 0 Å². The van der Waals surface area contributed by atoms with Gasteiger partial charge < -0.3 is 26.2 Å². The van der Waals surface area contributed by atoms with Crippen molar-refractivity contribution in [3.8, 4) is 0 Å². The molecule has 1 saturated carbocycles. The molecule has 0 radical (unpaired) electrons. The zero-order chi connectivity index (χ0) is 24.0. The van der Waals surface area contributed by atoms with Crippen LogP contribution in [0.5, 0.6) is 0 Å². The lowest BCUT2D eigenvalue weighted by Gasteiger charge is -2.31. The molecular formula is C24H36N6O3. The second-order valence-corrected chi connectivity index (χ2v) is 9.38. The number of nitrogens with one attached hydrogen (secondary N) is 2. The number of hydrogen-bond donors (Lipinski definition) is 4. The molecule has 2 aromatic rings. The normalized spacial score (nSPS) is 19.5. The van der Waals surface area contributed by atoms with E-state index in [1.807, 2.05) is 39.0 Å². The quantitative estimate of drug-likeness (QED) is 0.336. The number of amidine groups is 1. The van der Waals surface area contributed by atoms with E-state index in [1.165, 1.54) is 0 Å². The van der Waals surface area contributed by atoms with Gasteiger partial charge in [0.1, 0.15) is 5.82 Å². The van der Waals surface area contributed by atoms with E-state index in [1.54, 1.807) is 7.11 Å². The Morgan fingerprint density at radius 3 is 2.79 bits per heavy atom. The molecule has 2 atom stereocenters. The van der Waals surface area contributed by atoms with Gasteiger partial charge in [-0.15, -0.1) is 0 Å². The Kier molecular flexibility index (Phi) is 8.20. The van der Waals surface area contributed by atoms with Gasteiger partial charge in [-0.05, 0) is 45.7 Å². The second-order valence-electron chi connectivity index (χ2n) is 9.38. The molecule has 0 unspecified atom stereocenters. The number of nitrogens with zero attached hydrogens (tertiary/aromatic N) is 3. The predicted octanol–water partition coefficient (Wildman–Crippen LogP) is 2.56. The summed E-state index contributed by atoms with van der Waals surface area (Å²) >= 11 is 0. The summed E-state index contributed by atoms with van der Waals surface area (Å²) in [6, 6.07) is 5.91. The summed E-state index contributed by atoms with van der Waals surface area (Å²) in [4.78, 5) is 26.8. The standard InChI is InChI=1S/C24H36N6O3/c1-15-9-10-17-16(13-15)21(29-22(27-17)23(32)30-24(2,3)14-33-4)28-19-8-6-5-7-18(19)26-20(25)11-12-31/h9-10,13,18-19,31H,5-8,11-12,14H2,1-4H3,(H2,25,26)(H,30,32)(H,27,28,29)/t18-,19+/m1/s1. The van der Waals surface area contributed by atoms with Crippen LogP contribution in [0.3, 0.4) is 0 Å². The minimum absolute atomic E-state index is 0.0157. The van der Waals surface area contributed by atoms with Crippen LogP contribution in [0.4, 0.5) is 5.82 Å². The number of amides is 1. The number of anilines is 1. The van der Waals surface area contributed by atoms with Gasteiger partial charge >= 0.3 is 0 Å². The largest absolute Gasteiger partial charge is 0.396 e. The lowest BCUT2D eigenvalue weighted by Crippen LogP contribution is -2.47. The molecule has 0 saturated heterocycles. The van der Waals surface area contributed by atoms with Crippen molar-refractivity contribution >= 4 is 28.5 Å². The number of aryl methyl sites for hydroxylation is 1. The van der Waals surface area contributed by atoms with E-state index >= 15 is 0 Å². The summed E-state index contributed by atoms with van der Waals surface area (Å²) in [5.41, 5.74) is 7.22. The number of aromatic nitrogens is 2. The van der Waals surface area contributed by atoms with Crippen molar-refractivity contribution in [1.29, 1.82) is 0 Å². The van der Waals surface area contributed by atoms with Crippen molar-refractivity contribution in [2.24, 2.45) is 10.7 Å². The van der Waals surface area contributed by atoms with Crippen molar-refractivity contribution in [3.05, 3.63) is 29.6 Å². The highest BCUT2D eigenvalue weighted by molar-refractivity contribution is 5.97. The zero-order valence-electron chi connectivity index (χ0n) is 20.0. The van der Waals surface area contributed by atoms with E-state index in [4.69, 9.17) is 15.6 Å². The number of carbonyl (C=O) groups is 1. The molecule has 9 nitrogen and oxygen atoms in total. The lowest BCUT2D eigenvalue weighted by atomic mass is 9.90. The summed E-state index contributed by atoms with van der Waals surface area (Å²) < 4.78 is 5.21. The van der Waals surface area contributed by atoms with Crippen LogP contribution < -0.4 is 16.4 Å². The van der Waals surface area contributed by atoms with Crippen LogP contribution in [-0.4, -0.2) is 64.8 Å². The molecule has 180 valence electrons. The molecule has 1 amide bonds. The third-order valence-electron chi connectivity index (χ3n) is 5.76. The number of aliphatic imine (C=N–C) groups is 1. The number of carbonyl (C=O) groups excluding carboxylic acids is 1. The molecule has 1 fully saturated rings. The Bertz CT molecular complexity index is 1010. The Balaban J connectivity index is 1.95. The highest BCUT2D eigenvalue weighted by Gasteiger charge is 2.28. The first-order chi connectivity index (χ1) is 15.7. The smallest absolute Gasteiger partial charge is 0.289 e. The van der Waals surface area contributed by atoms with Crippen molar-refractivity contribution in [2.45, 2.75) is 70.5 Å². The van der Waals surface area contributed by atoms with Crippen molar-refractivity contribution in [1.82, 2.24) is 15.3 Å². The second kappa shape index (κ2) is 10.9. The number of fused-ring (bicyclic) bond motifs is 1. The number of aliphatic hydroxyl groups excluding tert-OH is 1. The molecule has 9 heteroatoms. The molecule has 1 heterocycles. The average molecular weight is 457 g/mol. The molecule has 1 aromatic heterocycles. The average Bonchev–Trinajstić information content (AvgIpc) is 2.75. The number of hydrogen-bond acceptors (Lipinski definition) is 7. The van der Waals surface area contributed by atoms with Gasteiger partial charge in [0.05, 0.1) is 36.1 Å². The van der Waals surface area contributed by atoms with Crippen LogP contribution in [-0.2, 0) is 4.74 Å². The van der Waals surface area contributed by atoms with Gasteiger partial charge in [-0.3, -0.25) is 9.79 Å². The maximum absolute atomic E-state index is 13.0. The summed E-state index contributed by atoms with van der Waals surface area (Å²) in [7, 11) is 1.60. The molecule has 1 aliphatic rings. The van der Waals surface area contributed by atoms with E-state index in [2.05, 4.69) is 25.6 Å². The van der Waals surface area contributed by atoms with E-state index < -0.39 is 5.54 Å². The van der Waals surface area contributed by atoms with Gasteiger partial charge in [0.2, 0.25) is 5.82 Å². The van der Waals surface area contributed by atoms with Crippen molar-refractivity contribution in [3.63, 3.8) is 0 Å². The molecular weight excluding hydrogens is 420 g/mol. The van der Waals surface area contributed by atoms with Gasteiger partial charge in [0.25, 0.3) is 5.91 Å². The van der Waals surface area contributed by atoms with Gasteiger partial charge in [-0.2, -0.15) is 0 Å². The Labute approximate surface area is 195 Å². The lowest BCUT2D eigenvalue weighted by molar-refractivity contribution is 0.0810. The number of aliphatic hydroxyl groups is 1. The number of benzene rings is 1. The number of nitrogens with two attached hydrogens (primary N) is 1. The summed E-state index contributed by atoms with van der Waals surface area (Å²) in [5.74, 6) is 0.827. The van der Waals surface area contributed by atoms with Crippen LogP contribution in [0.1, 0.15) is 62.1 Å². The van der Waals surface area contributed by atoms with E-state index in [9.17, 15) is 4.79 Å². The molecule has 1 aliphatic carbocycles. The summed E-state index contributed by atoms with van der Waals surface area (Å²) in [6.45, 7) is 6.14. The van der Waals surface area contributed by atoms with Gasteiger partial charge in [-0.25, -0.2) is 9.97 Å². The van der Waals surface area contributed by atoms with Crippen LogP contribution in [0.15, 0.2) is 23.2 Å². The first kappa shape index (κ1) is 24.9. The Morgan fingerprint density at radius 2 is 2.06 bits per heavy atom. The maximum atomic E-state index is 13.0. The van der Waals surface area contributed by atoms with Crippen molar-refractivity contribution < 1.29 is 14.6 Å². The van der Waals surface area contributed by atoms with Gasteiger partial charge in [0.15, 0.2) is 0 Å². The fraction of sp³-hybridized carbons (Fsp3) is 0.583. The highest BCUT2D eigenvalue weighted by atomic mass is 16.5. The number of ether oxygens (including phenoxy) is 1. The number of methoxy groups -OCH3 is 1. The van der Waals surface area contributed by atoms with Crippen molar-refractivity contribution in [2.75, 3.05) is 25.6 Å². The molecule has 5 N–H and O–H groups in total. The topological polar surface area (TPSA) is 135 Å². The van der Waals surface area contributed by atoms with Crippen LogP contribution in [0, 0.1) is 6.92 Å². The Morgan fingerprint density at radius 1 is 1.30 bits per heavy atom. The minimum Gasteiger partial charge on any atom is -0.396 e. The Hall–Kier alpha value is -2.78. The van der Waals surface area contributed by atoms with E-state index in [0.29, 0.717) is 30.2 Å². The number of rotatable bonds is 9. The molecule has 33 heavy (non-hydrogen) atoms. The third-order valence-corrected chi connectivity index (χ3v) is 5.76. The maximum Gasteiger partial charge on any atom is 0.289 e. The SMILES string of the molecule is COCC(C)(C)NC(=O)c1nc(N[C@H]2CCCC[C@H]2N=C(N)CCO)c2cc(C)ccc2n1. The first-order valence-electron chi connectivity index (χ1n) is 11.5. The first-order valence-corrected chi connectivity index (χ1v) is 11.5. The van der Waals surface area contributed by atoms with E-state index in [-0.39, 0.29) is 30.4 Å². The monoisotopic (exact) mass is 456 g/mol. The molecule has 0 bridgehead atoms.